The van der Waals surface area contributed by atoms with Crippen LogP contribution in [0.3, 0.4) is 0 Å². The lowest BCUT2D eigenvalue weighted by Gasteiger charge is -2.31. The van der Waals surface area contributed by atoms with E-state index < -0.39 is 0 Å². The Labute approximate surface area is 202 Å². The highest BCUT2D eigenvalue weighted by atomic mass is 127. The maximum Gasteiger partial charge on any atom is 0.141 e. The second-order valence-corrected chi connectivity index (χ2v) is 11.4. The molecule has 1 heterocycles. The minimum Gasteiger partial charge on any atom is -0.324 e. The summed E-state index contributed by atoms with van der Waals surface area (Å²) in [7, 11) is 0. The van der Waals surface area contributed by atoms with Crippen molar-refractivity contribution in [3.05, 3.63) is 65.6 Å². The summed E-state index contributed by atoms with van der Waals surface area (Å²) < 4.78 is 13.5. The first-order valence-corrected chi connectivity index (χ1v) is 12.6. The SMILES string of the molecule is CCC(C)(C)C/C(C)=C/CCCC(I)C(C)(N)Cc1ccc(-c2ccc(F)cn2)cc1. The molecule has 2 aromatic rings. The number of benzene rings is 1. The molecular formula is C27H38FIN2. The first-order valence-electron chi connectivity index (χ1n) is 11.3. The van der Waals surface area contributed by atoms with Crippen LogP contribution in [0.4, 0.5) is 4.39 Å². The van der Waals surface area contributed by atoms with Gasteiger partial charge < -0.3 is 5.73 Å². The molecule has 170 valence electrons. The van der Waals surface area contributed by atoms with Crippen LogP contribution in [0.1, 0.15) is 72.3 Å². The van der Waals surface area contributed by atoms with E-state index in [9.17, 15) is 4.39 Å². The Balaban J connectivity index is 1.86. The van der Waals surface area contributed by atoms with Crippen molar-refractivity contribution in [2.75, 3.05) is 0 Å². The standard InChI is InChI=1S/C27H38FIN2/c1-6-26(3,4)17-20(2)9-7-8-10-25(29)27(5,30)18-21-11-13-22(14-12-21)24-16-15-23(28)19-31-24/h9,11-16,19,25H,6-8,10,17-18,30H2,1-5H3/b20-9+. The topological polar surface area (TPSA) is 38.9 Å². The van der Waals surface area contributed by atoms with Crippen LogP contribution in [0.15, 0.2) is 54.2 Å². The highest BCUT2D eigenvalue weighted by molar-refractivity contribution is 14.1. The van der Waals surface area contributed by atoms with Crippen LogP contribution in [0, 0.1) is 11.2 Å². The lowest BCUT2D eigenvalue weighted by molar-refractivity contribution is 0.347. The fourth-order valence-corrected chi connectivity index (χ4v) is 4.48. The molecule has 1 aromatic carbocycles. The normalized spacial score (nSPS) is 15.5. The number of alkyl halides is 1. The van der Waals surface area contributed by atoms with Gasteiger partial charge >= 0.3 is 0 Å². The van der Waals surface area contributed by atoms with E-state index in [0.717, 1.165) is 30.5 Å². The number of aromatic nitrogens is 1. The minimum atomic E-state index is -0.317. The summed E-state index contributed by atoms with van der Waals surface area (Å²) in [4.78, 5) is 4.15. The molecule has 2 nitrogen and oxygen atoms in total. The van der Waals surface area contributed by atoms with Crippen LogP contribution < -0.4 is 5.73 Å². The monoisotopic (exact) mass is 536 g/mol. The van der Waals surface area contributed by atoms with Gasteiger partial charge in [-0.05, 0) is 69.1 Å². The van der Waals surface area contributed by atoms with Gasteiger partial charge in [-0.15, -0.1) is 0 Å². The number of halogens is 2. The summed E-state index contributed by atoms with van der Waals surface area (Å²) in [5.74, 6) is -0.317. The van der Waals surface area contributed by atoms with Crippen molar-refractivity contribution < 1.29 is 4.39 Å². The number of hydrogen-bond donors (Lipinski definition) is 1. The van der Waals surface area contributed by atoms with Crippen LogP contribution in [-0.2, 0) is 6.42 Å². The molecule has 0 aliphatic rings. The Morgan fingerprint density at radius 1 is 1.16 bits per heavy atom. The summed E-state index contributed by atoms with van der Waals surface area (Å²) in [6, 6.07) is 11.4. The van der Waals surface area contributed by atoms with Crippen LogP contribution in [0.5, 0.6) is 0 Å². The van der Waals surface area contributed by atoms with Crippen molar-refractivity contribution in [3.8, 4) is 11.3 Å². The number of nitrogens with zero attached hydrogens (tertiary/aromatic N) is 1. The molecule has 2 rings (SSSR count). The number of pyridine rings is 1. The van der Waals surface area contributed by atoms with Crippen molar-refractivity contribution in [1.82, 2.24) is 4.98 Å². The Morgan fingerprint density at radius 3 is 2.42 bits per heavy atom. The molecule has 1 aromatic heterocycles. The largest absolute Gasteiger partial charge is 0.324 e. The average Bonchev–Trinajstić information content (AvgIpc) is 2.71. The van der Waals surface area contributed by atoms with E-state index >= 15 is 0 Å². The first-order chi connectivity index (χ1) is 14.5. The zero-order chi connectivity index (χ0) is 23.1. The van der Waals surface area contributed by atoms with Gasteiger partial charge in [0.15, 0.2) is 0 Å². The predicted octanol–water partition coefficient (Wildman–Crippen LogP) is 7.89. The van der Waals surface area contributed by atoms with E-state index in [0.29, 0.717) is 9.34 Å². The van der Waals surface area contributed by atoms with Gasteiger partial charge in [0.05, 0.1) is 11.9 Å². The maximum absolute atomic E-state index is 13.1. The fraction of sp³-hybridized carbons (Fsp3) is 0.519. The van der Waals surface area contributed by atoms with Gasteiger partial charge in [-0.1, -0.05) is 85.7 Å². The van der Waals surface area contributed by atoms with Gasteiger partial charge in [-0.25, -0.2) is 4.39 Å². The zero-order valence-electron chi connectivity index (χ0n) is 19.7. The summed E-state index contributed by atoms with van der Waals surface area (Å²) in [6.07, 6.45) is 10.3. The highest BCUT2D eigenvalue weighted by Crippen LogP contribution is 2.30. The zero-order valence-corrected chi connectivity index (χ0v) is 21.9. The fourth-order valence-electron chi connectivity index (χ4n) is 3.82. The van der Waals surface area contributed by atoms with Crippen LogP contribution in [0.2, 0.25) is 0 Å². The molecule has 0 aliphatic heterocycles. The number of rotatable bonds is 11. The molecule has 4 heteroatoms. The highest BCUT2D eigenvalue weighted by Gasteiger charge is 2.27. The molecule has 0 aliphatic carbocycles. The third kappa shape index (κ3) is 8.64. The molecule has 0 spiro atoms. The van der Waals surface area contributed by atoms with Gasteiger partial charge in [-0.3, -0.25) is 4.98 Å². The number of unbranched alkanes of at least 4 members (excludes halogenated alkanes) is 1. The number of allylic oxidation sites excluding steroid dienone is 2. The second-order valence-electron chi connectivity index (χ2n) is 9.88. The second kappa shape index (κ2) is 11.6. The van der Waals surface area contributed by atoms with E-state index in [2.05, 4.69) is 80.4 Å². The molecule has 0 bridgehead atoms. The molecule has 0 saturated carbocycles. The molecular weight excluding hydrogens is 498 g/mol. The molecule has 2 unspecified atom stereocenters. The van der Waals surface area contributed by atoms with Crippen molar-refractivity contribution >= 4 is 22.6 Å². The molecule has 31 heavy (non-hydrogen) atoms. The average molecular weight is 537 g/mol. The van der Waals surface area contributed by atoms with Crippen molar-refractivity contribution in [1.29, 1.82) is 0 Å². The Morgan fingerprint density at radius 2 is 1.84 bits per heavy atom. The predicted molar refractivity (Wildman–Crippen MR) is 140 cm³/mol. The van der Waals surface area contributed by atoms with Crippen LogP contribution in [-0.4, -0.2) is 14.4 Å². The van der Waals surface area contributed by atoms with Crippen molar-refractivity contribution in [3.63, 3.8) is 0 Å². The van der Waals surface area contributed by atoms with Gasteiger partial charge in [0.2, 0.25) is 0 Å². The van der Waals surface area contributed by atoms with Crippen molar-refractivity contribution in [2.24, 2.45) is 11.1 Å². The van der Waals surface area contributed by atoms with Crippen LogP contribution >= 0.6 is 22.6 Å². The lowest BCUT2D eigenvalue weighted by atomic mass is 9.83. The van der Waals surface area contributed by atoms with E-state index in [1.165, 1.54) is 42.7 Å². The Kier molecular flexibility index (Phi) is 9.68. The lowest BCUT2D eigenvalue weighted by Crippen LogP contribution is -2.47. The Hall–Kier alpha value is -1.27. The van der Waals surface area contributed by atoms with E-state index in [1.807, 2.05) is 12.1 Å². The number of hydrogen-bond acceptors (Lipinski definition) is 2. The first kappa shape index (κ1) is 26.0. The van der Waals surface area contributed by atoms with Gasteiger partial charge in [0.1, 0.15) is 5.82 Å². The third-order valence-corrected chi connectivity index (χ3v) is 8.19. The summed E-state index contributed by atoms with van der Waals surface area (Å²) >= 11 is 2.52. The maximum atomic E-state index is 13.1. The van der Waals surface area contributed by atoms with Crippen LogP contribution in [0.25, 0.3) is 11.3 Å². The van der Waals surface area contributed by atoms with Gasteiger partial charge in [-0.2, -0.15) is 0 Å². The van der Waals surface area contributed by atoms with Gasteiger partial charge in [0.25, 0.3) is 0 Å². The Bertz CT molecular complexity index is 839. The molecule has 0 saturated heterocycles. The molecule has 2 atom stereocenters. The molecule has 0 radical (unpaired) electrons. The minimum absolute atomic E-state index is 0.265. The number of nitrogens with two attached hydrogens (primary N) is 1. The molecule has 2 N–H and O–H groups in total. The van der Waals surface area contributed by atoms with E-state index in [1.54, 1.807) is 6.07 Å². The van der Waals surface area contributed by atoms with E-state index in [4.69, 9.17) is 5.73 Å². The molecule has 0 amide bonds. The quantitative estimate of drug-likeness (QED) is 0.137. The summed E-state index contributed by atoms with van der Waals surface area (Å²) in [5, 5.41) is 0. The van der Waals surface area contributed by atoms with Crippen molar-refractivity contribution in [2.45, 2.75) is 82.6 Å². The van der Waals surface area contributed by atoms with E-state index in [-0.39, 0.29) is 11.4 Å². The molecule has 0 fully saturated rings. The summed E-state index contributed by atoms with van der Waals surface area (Å²) in [5.41, 5.74) is 11.3. The van der Waals surface area contributed by atoms with Gasteiger partial charge in [0, 0.05) is 15.0 Å². The smallest absolute Gasteiger partial charge is 0.141 e. The third-order valence-electron chi connectivity index (χ3n) is 6.15. The summed E-state index contributed by atoms with van der Waals surface area (Å²) in [6.45, 7) is 11.4.